The Kier molecular flexibility index (Phi) is 132. The van der Waals surface area contributed by atoms with Gasteiger partial charge in [-0.3, -0.25) is 10.5 Å². The van der Waals surface area contributed by atoms with Crippen LogP contribution in [0.5, 0.6) is 0 Å². The molecule has 0 amide bonds. The first kappa shape index (κ1) is 152. The zero-order valence-corrected chi connectivity index (χ0v) is 86.1. The predicted molar refractivity (Wildman–Crippen MR) is 507 cm³/mol. The molecule has 0 aliphatic heterocycles. The second kappa shape index (κ2) is 97.6. The zero-order valence-electron chi connectivity index (χ0n) is 86.1. The standard InChI is InChI=1S/2C14H30.C14H29.2C8H18O2.C7H15.2C4H10O2.4C4H10O.C4H10.C4H8.O2.2H2O/c1-5-7-9-11-13(3)14(4)12-10-8-6-2;1-5-8-10-11-13(4)14(7-3)12-9-6-2;1-4-6-8-9-11-13-14(3)12-10-7-5-2;2*1-7(2,3)9-10-8(4,5)6;1-3-5-7-6-4-2;2*1-4(2,3)6-5;4*1-4(2,3)5;2*1-4(2)3;1-2;;/h2*13-14H,5-12H2,1-4H3;14H,1,4-13H2,2-3H3;2*1-6H3;7H,3-6H2,1-2H3;2*5H,1-3H3;4*5H,1-3H3;4H,1-3H3;1H2,2-3H3;;2*1H2/q;;+1;;;+1;;;;;;;;;;;. The Morgan fingerprint density at radius 1 is 0.327 bits per heavy atom. The highest BCUT2D eigenvalue weighted by molar-refractivity contribution is 4.79. The van der Waals surface area contributed by atoms with Gasteiger partial charge >= 0.3 is 0 Å². The average Bonchev–Trinajstić information content (AvgIpc) is 0.943. The van der Waals surface area contributed by atoms with Crippen LogP contribution in [0.15, 0.2) is 12.2 Å². The van der Waals surface area contributed by atoms with E-state index in [1.165, 1.54) is 192 Å². The van der Waals surface area contributed by atoms with E-state index in [4.69, 9.17) is 60.4 Å². The molecule has 704 valence electrons. The van der Waals surface area contributed by atoms with Gasteiger partial charge in [0.05, 0.1) is 88.6 Å². The van der Waals surface area contributed by atoms with Crippen LogP contribution in [-0.2, 0) is 29.3 Å². The summed E-state index contributed by atoms with van der Waals surface area (Å²) in [6, 6.07) is 0. The van der Waals surface area contributed by atoms with E-state index in [-0.39, 0.29) is 33.4 Å². The molecule has 16 heteroatoms. The number of hydrogen-bond acceptors (Lipinski definition) is 14. The van der Waals surface area contributed by atoms with Gasteiger partial charge in [0.1, 0.15) is 0 Å². The van der Waals surface area contributed by atoms with Crippen molar-refractivity contribution >= 4 is 0 Å². The molecule has 113 heavy (non-hydrogen) atoms. The van der Waals surface area contributed by atoms with Gasteiger partial charge in [-0.1, -0.05) is 257 Å². The Morgan fingerprint density at radius 2 is 0.513 bits per heavy atom. The molecule has 0 rings (SSSR count). The van der Waals surface area contributed by atoms with Crippen LogP contribution in [0.4, 0.5) is 0 Å². The van der Waals surface area contributed by atoms with Crippen molar-refractivity contribution in [3.05, 3.63) is 35.4 Å². The minimum atomic E-state index is -0.500. The summed E-state index contributed by atoms with van der Waals surface area (Å²) >= 11 is 0. The minimum absolute atomic E-state index is 0. The van der Waals surface area contributed by atoms with Crippen LogP contribution in [0, 0.1) is 58.8 Å². The third-order valence-corrected chi connectivity index (χ3v) is 12.6. The van der Waals surface area contributed by atoms with Gasteiger partial charge < -0.3 is 31.4 Å². The lowest BCUT2D eigenvalue weighted by Gasteiger charge is -2.24. The van der Waals surface area contributed by atoms with Gasteiger partial charge in [0.2, 0.25) is 0 Å². The van der Waals surface area contributed by atoms with Crippen molar-refractivity contribution in [2.24, 2.45) is 35.5 Å². The first-order chi connectivity index (χ1) is 49.7. The van der Waals surface area contributed by atoms with Crippen molar-refractivity contribution < 1.29 is 71.2 Å². The molecule has 0 saturated carbocycles. The van der Waals surface area contributed by atoms with Crippen LogP contribution in [0.2, 0.25) is 0 Å². The highest BCUT2D eigenvalue weighted by atomic mass is 17.2. The van der Waals surface area contributed by atoms with E-state index < -0.39 is 33.6 Å². The molecular formula is C97H222O16+2. The normalized spacial score (nSPS) is 12.4. The number of allylic oxidation sites excluding steroid dienone is 1. The number of aliphatic hydroxyl groups is 4. The molecule has 0 aromatic rings. The second-order valence-electron chi connectivity index (χ2n) is 41.1. The zero-order chi connectivity index (χ0) is 92.2. The first-order valence-corrected chi connectivity index (χ1v) is 44.4. The fraction of sp³-hybridized carbons (Fsp3) is 0.959. The fourth-order valence-corrected chi connectivity index (χ4v) is 7.27. The maximum atomic E-state index is 8.52. The molecule has 5 atom stereocenters. The summed E-state index contributed by atoms with van der Waals surface area (Å²) in [5.41, 5.74) is -2.50. The van der Waals surface area contributed by atoms with Crippen LogP contribution < -0.4 is 0 Å². The summed E-state index contributed by atoms with van der Waals surface area (Å²) in [5.74, 6) is 5.63. The van der Waals surface area contributed by atoms with E-state index >= 15 is 0 Å². The first-order valence-electron chi connectivity index (χ1n) is 44.4. The van der Waals surface area contributed by atoms with Crippen molar-refractivity contribution in [1.82, 2.24) is 0 Å². The lowest BCUT2D eigenvalue weighted by molar-refractivity contribution is -0.393. The summed E-state index contributed by atoms with van der Waals surface area (Å²) in [5, 5.41) is 49.9. The summed E-state index contributed by atoms with van der Waals surface area (Å²) in [7, 11) is 0. The van der Waals surface area contributed by atoms with Gasteiger partial charge in [-0.15, -0.1) is 6.58 Å². The van der Waals surface area contributed by atoms with Gasteiger partial charge in [-0.2, -0.15) is 0 Å². The number of hydrogen-bond donors (Lipinski definition) is 6. The van der Waals surface area contributed by atoms with Crippen LogP contribution >= 0.6 is 0 Å². The molecule has 0 aliphatic rings. The monoisotopic (exact) mass is 1640 g/mol. The lowest BCUT2D eigenvalue weighted by Crippen LogP contribution is -2.27. The Balaban J connectivity index is -0.0000000596. The molecule has 10 N–H and O–H groups in total. The van der Waals surface area contributed by atoms with Crippen LogP contribution in [0.3, 0.4) is 0 Å². The molecule has 0 aliphatic carbocycles. The van der Waals surface area contributed by atoms with E-state index in [2.05, 4.69) is 134 Å². The molecule has 16 nitrogen and oxygen atoms in total. The van der Waals surface area contributed by atoms with E-state index in [0.717, 1.165) is 41.9 Å². The predicted octanol–water partition coefficient (Wildman–Crippen LogP) is 31.4. The summed E-state index contributed by atoms with van der Waals surface area (Å²) in [6.45, 7) is 101. The van der Waals surface area contributed by atoms with Gasteiger partial charge in [0.15, 0.2) is 0 Å². The molecule has 0 saturated heterocycles. The third-order valence-electron chi connectivity index (χ3n) is 12.6. The molecule has 0 heterocycles. The maximum Gasteiger partial charge on any atom is 0.0952 e. The molecule has 0 aromatic heterocycles. The van der Waals surface area contributed by atoms with Crippen molar-refractivity contribution in [2.45, 2.75) is 574 Å². The summed E-state index contributed by atoms with van der Waals surface area (Å²) in [6.07, 6.45) is 44.0. The topological polar surface area (TPSA) is 274 Å². The molecule has 5 unspecified atom stereocenters. The smallest absolute Gasteiger partial charge is 0.0952 e. The Bertz CT molecular complexity index is 1490. The Labute approximate surface area is 712 Å². The van der Waals surface area contributed by atoms with E-state index in [0.29, 0.717) is 0 Å². The van der Waals surface area contributed by atoms with E-state index in [1.807, 2.05) is 96.9 Å². The molecule has 0 bridgehead atoms. The molecular weight excluding hydrogens is 1420 g/mol. The van der Waals surface area contributed by atoms with Crippen LogP contribution in [-0.4, -0.2) is 97.9 Å². The van der Waals surface area contributed by atoms with E-state index in [1.54, 1.807) is 125 Å². The second-order valence-corrected chi connectivity index (χ2v) is 41.1. The summed E-state index contributed by atoms with van der Waals surface area (Å²) in [4.78, 5) is 42.2. The highest BCUT2D eigenvalue weighted by Crippen LogP contribution is 2.27. The van der Waals surface area contributed by atoms with Crippen molar-refractivity contribution in [2.75, 3.05) is 0 Å². The lowest BCUT2D eigenvalue weighted by atomic mass is 9.84. The Hall–Kier alpha value is -1.48. The minimum Gasteiger partial charge on any atom is -0.412 e. The molecule has 0 fully saturated rings. The SMILES string of the molecule is C=C(C)C.CC(C)(C)O.CC(C)(C)O.CC(C)(C)O.CC(C)(C)O.CC(C)(C)OO.CC(C)(C)OO.CC(C)(C)OOC(C)(C)C.CC(C)(C)OOC(C)(C)C.CC(C)C.CCCCCC(C)C(C)CCCCC.CCCCCC(C)C(CC)CCCC.CCC[CH+]CCC.O.O.O=O.[CH2+]CCCCCCC(C)CCCCC. The van der Waals surface area contributed by atoms with Crippen molar-refractivity contribution in [1.29, 1.82) is 0 Å². The largest absolute Gasteiger partial charge is 0.412 e. The fourth-order valence-electron chi connectivity index (χ4n) is 7.27. The third kappa shape index (κ3) is 323. The quantitative estimate of drug-likeness (QED) is 0.0115. The van der Waals surface area contributed by atoms with E-state index in [9.17, 15) is 0 Å². The van der Waals surface area contributed by atoms with Crippen LogP contribution in [0.1, 0.15) is 518 Å². The molecule has 0 spiro atoms. The summed E-state index contributed by atoms with van der Waals surface area (Å²) < 4.78 is 0. The molecule has 0 radical (unpaired) electrons. The highest BCUT2D eigenvalue weighted by Gasteiger charge is 2.20. The maximum absolute atomic E-state index is 8.52. The van der Waals surface area contributed by atoms with Crippen LogP contribution in [0.25, 0.3) is 0 Å². The van der Waals surface area contributed by atoms with Gasteiger partial charge in [-0.05, 0) is 283 Å². The van der Waals surface area contributed by atoms with Crippen molar-refractivity contribution in [3.8, 4) is 0 Å². The number of rotatable bonds is 34. The average molecular weight is 1640 g/mol. The van der Waals surface area contributed by atoms with Gasteiger partial charge in [0.25, 0.3) is 0 Å². The van der Waals surface area contributed by atoms with Gasteiger partial charge in [-0.25, -0.2) is 29.3 Å². The van der Waals surface area contributed by atoms with Crippen molar-refractivity contribution in [3.63, 3.8) is 0 Å². The number of unbranched alkanes of at least 4 members (excludes halogenated alkanes) is 17. The Morgan fingerprint density at radius 3 is 0.681 bits per heavy atom. The van der Waals surface area contributed by atoms with Gasteiger partial charge in [0, 0.05) is 9.93 Å². The molecule has 0 aromatic carbocycles.